The molecular weight excluding hydrogens is 450 g/mol. The molecule has 0 N–H and O–H groups in total. The minimum absolute atomic E-state index is 0.103. The Kier molecular flexibility index (Phi) is 5.50. The Bertz CT molecular complexity index is 1350. The lowest BCUT2D eigenvalue weighted by molar-refractivity contribution is 0.241. The molecule has 0 spiro atoms. The van der Waals surface area contributed by atoms with Gasteiger partial charge in [-0.25, -0.2) is 18.8 Å². The average molecular weight is 475 g/mol. The fraction of sp³-hybridized carbons (Fsp3) is 0.308. The van der Waals surface area contributed by atoms with Gasteiger partial charge in [-0.1, -0.05) is 19.9 Å². The summed E-state index contributed by atoms with van der Waals surface area (Å²) in [6.45, 7) is 9.68. The SMILES string of the molecule is C=N/C=C(\N=C(/C)Oc1cnccn1)[C@@]12CC[C@@H](c3cc(-c4c(F)cccc4F)nnc31)C2(C)C. The molecule has 0 unspecified atom stereocenters. The van der Waals surface area contributed by atoms with Gasteiger partial charge < -0.3 is 4.74 Å². The highest BCUT2D eigenvalue weighted by Crippen LogP contribution is 2.70. The molecular formula is C26H24F2N6O. The van der Waals surface area contributed by atoms with Crippen molar-refractivity contribution >= 4 is 12.6 Å². The van der Waals surface area contributed by atoms with Crippen molar-refractivity contribution in [2.45, 2.75) is 44.9 Å². The lowest BCUT2D eigenvalue weighted by Crippen LogP contribution is -2.37. The number of nitrogens with zero attached hydrogens (tertiary/aromatic N) is 6. The van der Waals surface area contributed by atoms with Crippen molar-refractivity contribution in [2.24, 2.45) is 15.4 Å². The second-order valence-electron chi connectivity index (χ2n) is 9.32. The smallest absolute Gasteiger partial charge is 0.239 e. The number of halogens is 2. The maximum Gasteiger partial charge on any atom is 0.239 e. The lowest BCUT2D eigenvalue weighted by Gasteiger charge is -2.38. The zero-order valence-electron chi connectivity index (χ0n) is 19.7. The van der Waals surface area contributed by atoms with Crippen molar-refractivity contribution < 1.29 is 13.5 Å². The molecule has 1 fully saturated rings. The Hall–Kier alpha value is -3.88. The minimum atomic E-state index is -0.672. The number of ether oxygens (including phenoxy) is 1. The van der Waals surface area contributed by atoms with Crippen LogP contribution in [0.4, 0.5) is 8.78 Å². The summed E-state index contributed by atoms with van der Waals surface area (Å²) in [6.07, 6.45) is 7.84. The van der Waals surface area contributed by atoms with Crippen LogP contribution in [0.2, 0.25) is 0 Å². The van der Waals surface area contributed by atoms with E-state index in [1.165, 1.54) is 30.6 Å². The number of benzene rings is 1. The molecule has 2 aliphatic rings. The number of fused-ring (bicyclic) bond motifs is 5. The molecule has 0 aliphatic heterocycles. The number of hydrogen-bond donors (Lipinski definition) is 0. The molecule has 2 heterocycles. The topological polar surface area (TPSA) is 85.5 Å². The van der Waals surface area contributed by atoms with Crippen molar-refractivity contribution in [3.05, 3.63) is 77.6 Å². The largest absolute Gasteiger partial charge is 0.423 e. The van der Waals surface area contributed by atoms with Crippen LogP contribution >= 0.6 is 0 Å². The van der Waals surface area contributed by atoms with E-state index in [0.29, 0.717) is 17.5 Å². The molecule has 178 valence electrons. The van der Waals surface area contributed by atoms with E-state index in [9.17, 15) is 8.78 Å². The van der Waals surface area contributed by atoms with Crippen LogP contribution in [-0.4, -0.2) is 32.8 Å². The first kappa shape index (κ1) is 22.9. The van der Waals surface area contributed by atoms with Gasteiger partial charge in [-0.15, -0.1) is 5.10 Å². The summed E-state index contributed by atoms with van der Waals surface area (Å²) in [5.74, 6) is -0.556. The van der Waals surface area contributed by atoms with Crippen molar-refractivity contribution in [1.29, 1.82) is 0 Å². The summed E-state index contributed by atoms with van der Waals surface area (Å²) in [4.78, 5) is 16.9. The predicted molar refractivity (Wildman–Crippen MR) is 128 cm³/mol. The maximum absolute atomic E-state index is 14.5. The van der Waals surface area contributed by atoms with Crippen LogP contribution in [0, 0.1) is 17.0 Å². The van der Waals surface area contributed by atoms with Gasteiger partial charge in [-0.2, -0.15) is 5.10 Å². The average Bonchev–Trinajstić information content (AvgIpc) is 3.20. The molecule has 3 aromatic rings. The molecule has 2 bridgehead atoms. The van der Waals surface area contributed by atoms with Gasteiger partial charge in [0.15, 0.2) is 5.90 Å². The third kappa shape index (κ3) is 3.45. The summed E-state index contributed by atoms with van der Waals surface area (Å²) < 4.78 is 34.7. The van der Waals surface area contributed by atoms with E-state index < -0.39 is 17.0 Å². The van der Waals surface area contributed by atoms with Crippen molar-refractivity contribution in [3.63, 3.8) is 0 Å². The first-order chi connectivity index (χ1) is 16.8. The number of aliphatic imine (C=N–C) groups is 2. The van der Waals surface area contributed by atoms with Crippen LogP contribution in [0.5, 0.6) is 5.88 Å². The molecule has 0 amide bonds. The van der Waals surface area contributed by atoms with Gasteiger partial charge in [0, 0.05) is 25.5 Å². The van der Waals surface area contributed by atoms with Crippen molar-refractivity contribution in [2.75, 3.05) is 0 Å². The highest BCUT2D eigenvalue weighted by molar-refractivity contribution is 5.77. The normalized spacial score (nSPS) is 22.7. The first-order valence-corrected chi connectivity index (χ1v) is 11.3. The van der Waals surface area contributed by atoms with Crippen LogP contribution in [0.1, 0.15) is 50.8 Å². The van der Waals surface area contributed by atoms with Gasteiger partial charge >= 0.3 is 0 Å². The Balaban J connectivity index is 1.62. The zero-order valence-corrected chi connectivity index (χ0v) is 19.7. The van der Waals surface area contributed by atoms with Gasteiger partial charge in [0.1, 0.15) is 11.6 Å². The lowest BCUT2D eigenvalue weighted by atomic mass is 9.66. The van der Waals surface area contributed by atoms with Gasteiger partial charge in [0.05, 0.1) is 34.3 Å². The Morgan fingerprint density at radius 2 is 1.97 bits per heavy atom. The maximum atomic E-state index is 14.5. The molecule has 2 aliphatic carbocycles. The fourth-order valence-corrected chi connectivity index (χ4v) is 5.76. The summed E-state index contributed by atoms with van der Waals surface area (Å²) in [5.41, 5.74) is 1.36. The predicted octanol–water partition coefficient (Wildman–Crippen LogP) is 5.41. The van der Waals surface area contributed by atoms with Gasteiger partial charge in [-0.05, 0) is 54.7 Å². The molecule has 5 rings (SSSR count). The number of aromatic nitrogens is 4. The number of allylic oxidation sites excluding steroid dienone is 1. The fourth-order valence-electron chi connectivity index (χ4n) is 5.76. The van der Waals surface area contributed by atoms with Crippen LogP contribution < -0.4 is 4.74 Å². The van der Waals surface area contributed by atoms with Gasteiger partial charge in [-0.3, -0.25) is 9.98 Å². The van der Waals surface area contributed by atoms with E-state index in [-0.39, 0.29) is 22.6 Å². The van der Waals surface area contributed by atoms with E-state index in [4.69, 9.17) is 9.73 Å². The minimum Gasteiger partial charge on any atom is -0.423 e. The first-order valence-electron chi connectivity index (χ1n) is 11.3. The highest BCUT2D eigenvalue weighted by Gasteiger charge is 2.65. The summed E-state index contributed by atoms with van der Waals surface area (Å²) in [5, 5.41) is 8.80. The van der Waals surface area contributed by atoms with Gasteiger partial charge in [0.2, 0.25) is 5.88 Å². The van der Waals surface area contributed by atoms with E-state index >= 15 is 0 Å². The second-order valence-corrected chi connectivity index (χ2v) is 9.32. The monoisotopic (exact) mass is 474 g/mol. The molecule has 2 atom stereocenters. The highest BCUT2D eigenvalue weighted by atomic mass is 19.1. The number of hydrogen-bond acceptors (Lipinski definition) is 7. The Morgan fingerprint density at radius 3 is 2.66 bits per heavy atom. The Labute approximate surface area is 201 Å². The zero-order chi connectivity index (χ0) is 24.8. The molecule has 2 aromatic heterocycles. The van der Waals surface area contributed by atoms with Crippen LogP contribution in [-0.2, 0) is 5.41 Å². The second kappa shape index (κ2) is 8.41. The molecule has 35 heavy (non-hydrogen) atoms. The Morgan fingerprint density at radius 1 is 1.20 bits per heavy atom. The molecule has 1 saturated carbocycles. The van der Waals surface area contributed by atoms with Crippen LogP contribution in [0.15, 0.2) is 64.7 Å². The standard InChI is InChI=1S/C26H24F2N6O/c1-15(35-22-14-30-10-11-31-22)32-21(13-29-4)26-9-8-17(25(26,2)3)16-12-20(33-34-24(16)26)23-18(27)6-5-7-19(23)28/h5-7,10-14,17H,4,8-9H2,1-3H3/b21-13-,32-15+/t17-,26-/m0/s1. The third-order valence-corrected chi connectivity index (χ3v) is 7.32. The van der Waals surface area contributed by atoms with Gasteiger partial charge in [0.25, 0.3) is 0 Å². The van der Waals surface area contributed by atoms with Crippen LogP contribution in [0.3, 0.4) is 0 Å². The van der Waals surface area contributed by atoms with E-state index in [0.717, 1.165) is 24.1 Å². The molecule has 1 aromatic carbocycles. The summed E-state index contributed by atoms with van der Waals surface area (Å²) >= 11 is 0. The van der Waals surface area contributed by atoms with E-state index in [2.05, 4.69) is 45.7 Å². The van der Waals surface area contributed by atoms with E-state index in [1.807, 2.05) is 0 Å². The summed E-state index contributed by atoms with van der Waals surface area (Å²) in [7, 11) is 0. The van der Waals surface area contributed by atoms with E-state index in [1.54, 1.807) is 25.4 Å². The van der Waals surface area contributed by atoms with Crippen molar-refractivity contribution in [1.82, 2.24) is 20.2 Å². The molecule has 0 radical (unpaired) electrons. The molecule has 9 heteroatoms. The molecule has 7 nitrogen and oxygen atoms in total. The summed E-state index contributed by atoms with van der Waals surface area (Å²) in [6, 6.07) is 5.53. The number of rotatable bonds is 5. The quantitative estimate of drug-likeness (QED) is 0.365. The van der Waals surface area contributed by atoms with Crippen molar-refractivity contribution in [3.8, 4) is 17.1 Å². The molecule has 0 saturated heterocycles. The third-order valence-electron chi connectivity index (χ3n) is 7.32. The van der Waals surface area contributed by atoms with Crippen LogP contribution in [0.25, 0.3) is 11.3 Å².